The minimum atomic E-state index is -0.508. The molecule has 0 radical (unpaired) electrons. The number of thiol groups is 1. The number of nitrogens with one attached hydrogen (secondary N) is 1. The molecule has 7 heteroatoms. The van der Waals surface area contributed by atoms with Crippen LogP contribution in [0.1, 0.15) is 15.9 Å². The van der Waals surface area contributed by atoms with E-state index in [4.69, 9.17) is 0 Å². The molecule has 1 aromatic carbocycles. The molecule has 5 nitrogen and oxygen atoms in total. The topological polar surface area (TPSA) is 64.0 Å². The largest absolute Gasteiger partial charge is 0.351 e. The average Bonchev–Trinajstić information content (AvgIpc) is 2.63. The number of pyridine rings is 2. The molecule has 0 aliphatic heterocycles. The highest BCUT2D eigenvalue weighted by Crippen LogP contribution is 2.14. The fourth-order valence-electron chi connectivity index (χ4n) is 2.58. The summed E-state index contributed by atoms with van der Waals surface area (Å²) >= 11 is 4.04. The second kappa shape index (κ2) is 7.48. The zero-order chi connectivity index (χ0) is 17.8. The summed E-state index contributed by atoms with van der Waals surface area (Å²) in [7, 11) is 0. The Morgan fingerprint density at radius 2 is 2.04 bits per heavy atom. The van der Waals surface area contributed by atoms with Crippen LogP contribution in [-0.4, -0.2) is 27.8 Å². The Morgan fingerprint density at radius 1 is 1.24 bits per heavy atom. The predicted octanol–water partition coefficient (Wildman–Crippen LogP) is 2.24. The third-order valence-corrected chi connectivity index (χ3v) is 4.00. The number of rotatable bonds is 5. The van der Waals surface area contributed by atoms with Crippen molar-refractivity contribution in [2.75, 3.05) is 12.3 Å². The Labute approximate surface area is 148 Å². The van der Waals surface area contributed by atoms with Crippen molar-refractivity contribution in [1.82, 2.24) is 14.9 Å². The summed E-state index contributed by atoms with van der Waals surface area (Å²) in [6.07, 6.45) is 1.56. The molecule has 0 unspecified atom stereocenters. The zero-order valence-electron chi connectivity index (χ0n) is 13.3. The number of fused-ring (bicyclic) bond motifs is 1. The van der Waals surface area contributed by atoms with Gasteiger partial charge in [0.1, 0.15) is 17.0 Å². The lowest BCUT2D eigenvalue weighted by molar-refractivity contribution is 0.0954. The second-order valence-electron chi connectivity index (χ2n) is 5.44. The van der Waals surface area contributed by atoms with Crippen molar-refractivity contribution in [3.05, 3.63) is 76.0 Å². The van der Waals surface area contributed by atoms with Crippen LogP contribution < -0.4 is 10.9 Å². The van der Waals surface area contributed by atoms with Gasteiger partial charge in [-0.15, -0.1) is 0 Å². The van der Waals surface area contributed by atoms with Crippen LogP contribution in [0.2, 0.25) is 0 Å². The number of carbonyl (C=O) groups is 1. The minimum absolute atomic E-state index is 0.00128. The maximum atomic E-state index is 14.0. The standard InChI is InChI=1S/C18H16FN3O2S/c19-15-6-2-1-4-13(15)11-22-16-12(5-3-7-20-16)10-14(18(22)24)17(23)21-8-9-25/h1-7,10,25H,8-9,11H2,(H,21,23). The molecule has 3 aromatic rings. The Hall–Kier alpha value is -2.67. The van der Waals surface area contributed by atoms with E-state index in [-0.39, 0.29) is 12.1 Å². The number of amides is 1. The molecule has 128 valence electrons. The van der Waals surface area contributed by atoms with Gasteiger partial charge in [-0.3, -0.25) is 14.2 Å². The zero-order valence-corrected chi connectivity index (χ0v) is 14.2. The fourth-order valence-corrected chi connectivity index (χ4v) is 2.69. The van der Waals surface area contributed by atoms with E-state index in [9.17, 15) is 14.0 Å². The molecular formula is C18H16FN3O2S. The van der Waals surface area contributed by atoms with Gasteiger partial charge in [0.05, 0.1) is 6.54 Å². The van der Waals surface area contributed by atoms with Crippen molar-refractivity contribution < 1.29 is 9.18 Å². The van der Waals surface area contributed by atoms with Gasteiger partial charge in [-0.05, 0) is 24.3 Å². The van der Waals surface area contributed by atoms with Gasteiger partial charge in [-0.1, -0.05) is 18.2 Å². The lowest BCUT2D eigenvalue weighted by Gasteiger charge is -2.12. The van der Waals surface area contributed by atoms with Crippen molar-refractivity contribution in [3.8, 4) is 0 Å². The fraction of sp³-hybridized carbons (Fsp3) is 0.167. The number of carbonyl (C=O) groups excluding carboxylic acids is 1. The summed E-state index contributed by atoms with van der Waals surface area (Å²) in [5.74, 6) is -0.430. The van der Waals surface area contributed by atoms with Gasteiger partial charge in [0.2, 0.25) is 0 Å². The molecule has 1 N–H and O–H groups in total. The first-order valence-electron chi connectivity index (χ1n) is 7.73. The van der Waals surface area contributed by atoms with Gasteiger partial charge >= 0.3 is 0 Å². The average molecular weight is 357 g/mol. The molecule has 3 rings (SSSR count). The number of aromatic nitrogens is 2. The number of halogens is 1. The summed E-state index contributed by atoms with van der Waals surface area (Å²) in [4.78, 5) is 29.3. The van der Waals surface area contributed by atoms with Gasteiger partial charge < -0.3 is 5.32 Å². The van der Waals surface area contributed by atoms with Crippen LogP contribution in [0.3, 0.4) is 0 Å². The first-order valence-corrected chi connectivity index (χ1v) is 8.36. The maximum absolute atomic E-state index is 14.0. The van der Waals surface area contributed by atoms with Gasteiger partial charge in [0, 0.05) is 29.4 Å². The molecular weight excluding hydrogens is 341 g/mol. The van der Waals surface area contributed by atoms with Crippen LogP contribution in [-0.2, 0) is 6.54 Å². The van der Waals surface area contributed by atoms with E-state index >= 15 is 0 Å². The van der Waals surface area contributed by atoms with Crippen LogP contribution >= 0.6 is 12.6 Å². The Morgan fingerprint density at radius 3 is 2.80 bits per heavy atom. The summed E-state index contributed by atoms with van der Waals surface area (Å²) < 4.78 is 15.3. The normalized spacial score (nSPS) is 10.8. The van der Waals surface area contributed by atoms with E-state index in [1.807, 2.05) is 0 Å². The molecule has 0 aliphatic carbocycles. The molecule has 1 amide bonds. The van der Waals surface area contributed by atoms with Crippen molar-refractivity contribution >= 4 is 29.6 Å². The second-order valence-corrected chi connectivity index (χ2v) is 5.88. The summed E-state index contributed by atoms with van der Waals surface area (Å²) in [5.41, 5.74) is 0.246. The van der Waals surface area contributed by atoms with Crippen LogP contribution in [0.15, 0.2) is 53.5 Å². The monoisotopic (exact) mass is 357 g/mol. The van der Waals surface area contributed by atoms with Gasteiger partial charge in [-0.2, -0.15) is 12.6 Å². The van der Waals surface area contributed by atoms with Gasteiger partial charge in [0.25, 0.3) is 11.5 Å². The lowest BCUT2D eigenvalue weighted by Crippen LogP contribution is -2.34. The first-order chi connectivity index (χ1) is 12.1. The van der Waals surface area contributed by atoms with E-state index in [1.165, 1.54) is 16.7 Å². The first kappa shape index (κ1) is 17.2. The third kappa shape index (κ3) is 3.56. The number of hydrogen-bond acceptors (Lipinski definition) is 4. The van der Waals surface area contributed by atoms with Gasteiger partial charge in [-0.25, -0.2) is 9.37 Å². The molecule has 0 spiro atoms. The maximum Gasteiger partial charge on any atom is 0.265 e. The molecule has 0 saturated heterocycles. The van der Waals surface area contributed by atoms with E-state index in [0.29, 0.717) is 28.9 Å². The SMILES string of the molecule is O=C(NCCS)c1cc2cccnc2n(Cc2ccccc2F)c1=O. The highest BCUT2D eigenvalue weighted by molar-refractivity contribution is 7.80. The Balaban J connectivity index is 2.15. The van der Waals surface area contributed by atoms with E-state index in [1.54, 1.807) is 36.5 Å². The molecule has 25 heavy (non-hydrogen) atoms. The van der Waals surface area contributed by atoms with Crippen molar-refractivity contribution in [3.63, 3.8) is 0 Å². The quantitative estimate of drug-likeness (QED) is 0.689. The summed E-state index contributed by atoms with van der Waals surface area (Å²) in [5, 5.41) is 3.27. The van der Waals surface area contributed by atoms with Crippen LogP contribution in [0, 0.1) is 5.82 Å². The molecule has 0 bridgehead atoms. The van der Waals surface area contributed by atoms with Gasteiger partial charge in [0.15, 0.2) is 0 Å². The van der Waals surface area contributed by atoms with Crippen molar-refractivity contribution in [2.45, 2.75) is 6.54 Å². The Bertz CT molecular complexity index is 987. The van der Waals surface area contributed by atoms with E-state index in [2.05, 4.69) is 22.9 Å². The molecule has 0 fully saturated rings. The molecule has 2 aromatic heterocycles. The van der Waals surface area contributed by atoms with Crippen molar-refractivity contribution in [2.24, 2.45) is 0 Å². The van der Waals surface area contributed by atoms with E-state index in [0.717, 1.165) is 0 Å². The van der Waals surface area contributed by atoms with Crippen LogP contribution in [0.25, 0.3) is 11.0 Å². The van der Waals surface area contributed by atoms with Crippen LogP contribution in [0.5, 0.6) is 0 Å². The van der Waals surface area contributed by atoms with Crippen LogP contribution in [0.4, 0.5) is 4.39 Å². The Kier molecular flexibility index (Phi) is 5.14. The van der Waals surface area contributed by atoms with Crippen molar-refractivity contribution in [1.29, 1.82) is 0 Å². The highest BCUT2D eigenvalue weighted by atomic mass is 32.1. The summed E-state index contributed by atoms with van der Waals surface area (Å²) in [6, 6.07) is 11.2. The lowest BCUT2D eigenvalue weighted by atomic mass is 10.1. The molecule has 0 aliphatic rings. The minimum Gasteiger partial charge on any atom is -0.351 e. The third-order valence-electron chi connectivity index (χ3n) is 3.78. The number of benzene rings is 1. The molecule has 0 atom stereocenters. The number of nitrogens with zero attached hydrogens (tertiary/aromatic N) is 2. The molecule has 2 heterocycles. The smallest absolute Gasteiger partial charge is 0.265 e. The number of hydrogen-bond donors (Lipinski definition) is 2. The highest BCUT2D eigenvalue weighted by Gasteiger charge is 2.17. The summed E-state index contributed by atoms with van der Waals surface area (Å²) in [6.45, 7) is 0.340. The molecule has 0 saturated carbocycles. The van der Waals surface area contributed by atoms with E-state index < -0.39 is 17.3 Å². The predicted molar refractivity (Wildman–Crippen MR) is 97.7 cm³/mol.